The zero-order chi connectivity index (χ0) is 15.9. The number of amides is 2. The first-order valence-corrected chi connectivity index (χ1v) is 7.70. The van der Waals surface area contributed by atoms with Crippen LogP contribution in [0.25, 0.3) is 0 Å². The van der Waals surface area contributed by atoms with Gasteiger partial charge in [0, 0.05) is 19.2 Å². The highest BCUT2D eigenvalue weighted by atomic mass is 16.5. The van der Waals surface area contributed by atoms with Gasteiger partial charge in [0.25, 0.3) is 11.8 Å². The van der Waals surface area contributed by atoms with Gasteiger partial charge in [0.05, 0.1) is 18.8 Å². The minimum atomic E-state index is -1.12. The monoisotopic (exact) mass is 306 g/mol. The molecule has 2 N–H and O–H groups in total. The number of hydrogen-bond donors (Lipinski definition) is 1. The average molecular weight is 306 g/mol. The van der Waals surface area contributed by atoms with Crippen molar-refractivity contribution in [2.45, 2.75) is 38.2 Å². The SMILES string of the molecule is Cn1nc2c(c1C(=O)N1CCOC(C)(C(N)=O)C1)CCCC2. The smallest absolute Gasteiger partial charge is 0.272 e. The summed E-state index contributed by atoms with van der Waals surface area (Å²) in [5.41, 5.74) is 7.02. The van der Waals surface area contributed by atoms with Gasteiger partial charge in [-0.05, 0) is 32.6 Å². The van der Waals surface area contributed by atoms with Crippen LogP contribution in [-0.2, 0) is 29.4 Å². The third kappa shape index (κ3) is 2.39. The Morgan fingerprint density at radius 2 is 2.05 bits per heavy atom. The molecule has 1 aromatic rings. The number of aromatic nitrogens is 2. The van der Waals surface area contributed by atoms with E-state index in [9.17, 15) is 9.59 Å². The number of morpholine rings is 1. The van der Waals surface area contributed by atoms with Gasteiger partial charge < -0.3 is 15.4 Å². The summed E-state index contributed by atoms with van der Waals surface area (Å²) in [6.07, 6.45) is 4.02. The molecule has 2 heterocycles. The molecule has 0 aromatic carbocycles. The maximum absolute atomic E-state index is 12.9. The van der Waals surface area contributed by atoms with Crippen LogP contribution in [0.15, 0.2) is 0 Å². The number of fused-ring (bicyclic) bond motifs is 1. The van der Waals surface area contributed by atoms with Crippen molar-refractivity contribution in [2.75, 3.05) is 19.7 Å². The Hall–Kier alpha value is -1.89. The predicted octanol–water partition coefficient (Wildman–Crippen LogP) is 0.0153. The Kier molecular flexibility index (Phi) is 3.68. The summed E-state index contributed by atoms with van der Waals surface area (Å²) >= 11 is 0. The van der Waals surface area contributed by atoms with Crippen LogP contribution in [0.4, 0.5) is 0 Å². The van der Waals surface area contributed by atoms with Crippen LogP contribution in [-0.4, -0.2) is 51.8 Å². The molecule has 120 valence electrons. The van der Waals surface area contributed by atoms with Crippen molar-refractivity contribution in [3.63, 3.8) is 0 Å². The molecule has 7 nitrogen and oxygen atoms in total. The molecule has 1 fully saturated rings. The summed E-state index contributed by atoms with van der Waals surface area (Å²) in [5, 5.41) is 4.48. The molecule has 1 atom stereocenters. The molecule has 1 aromatic heterocycles. The maximum atomic E-state index is 12.9. The summed E-state index contributed by atoms with van der Waals surface area (Å²) < 4.78 is 7.15. The standard InChI is InChI=1S/C15H22N4O3/c1-15(14(16)21)9-19(7-8-22-15)13(20)12-10-5-3-4-6-11(10)17-18(12)2/h3-9H2,1-2H3,(H2,16,21). The van der Waals surface area contributed by atoms with E-state index in [-0.39, 0.29) is 12.5 Å². The van der Waals surface area contributed by atoms with Gasteiger partial charge in [0.2, 0.25) is 0 Å². The van der Waals surface area contributed by atoms with Crippen molar-refractivity contribution in [1.29, 1.82) is 0 Å². The third-order valence-electron chi connectivity index (χ3n) is 4.60. The molecule has 1 aliphatic carbocycles. The van der Waals surface area contributed by atoms with E-state index < -0.39 is 11.5 Å². The second kappa shape index (κ2) is 5.39. The Labute approximate surface area is 129 Å². The van der Waals surface area contributed by atoms with Crippen LogP contribution in [0.3, 0.4) is 0 Å². The number of carbonyl (C=O) groups excluding carboxylic acids is 2. The fourth-order valence-corrected chi connectivity index (χ4v) is 3.29. The average Bonchev–Trinajstić information content (AvgIpc) is 2.82. The maximum Gasteiger partial charge on any atom is 0.272 e. The first-order valence-electron chi connectivity index (χ1n) is 7.70. The van der Waals surface area contributed by atoms with E-state index >= 15 is 0 Å². The molecule has 0 radical (unpaired) electrons. The van der Waals surface area contributed by atoms with Crippen molar-refractivity contribution >= 4 is 11.8 Å². The predicted molar refractivity (Wildman–Crippen MR) is 79.3 cm³/mol. The second-order valence-corrected chi connectivity index (χ2v) is 6.27. The van der Waals surface area contributed by atoms with Crippen molar-refractivity contribution in [2.24, 2.45) is 12.8 Å². The number of rotatable bonds is 2. The summed E-state index contributed by atoms with van der Waals surface area (Å²) in [7, 11) is 1.80. The number of hydrogen-bond acceptors (Lipinski definition) is 4. The fraction of sp³-hybridized carbons (Fsp3) is 0.667. The Bertz CT molecular complexity index is 625. The molecule has 22 heavy (non-hydrogen) atoms. The lowest BCUT2D eigenvalue weighted by molar-refractivity contribution is -0.150. The number of nitrogens with two attached hydrogens (primary N) is 1. The molecular weight excluding hydrogens is 284 g/mol. The molecular formula is C15H22N4O3. The molecule has 3 rings (SSSR count). The molecule has 1 saturated heterocycles. The highest BCUT2D eigenvalue weighted by Gasteiger charge is 2.40. The van der Waals surface area contributed by atoms with Crippen molar-refractivity contribution < 1.29 is 14.3 Å². The fourth-order valence-electron chi connectivity index (χ4n) is 3.29. The van der Waals surface area contributed by atoms with E-state index in [0.717, 1.165) is 36.9 Å². The Morgan fingerprint density at radius 3 is 2.77 bits per heavy atom. The van der Waals surface area contributed by atoms with Crippen LogP contribution >= 0.6 is 0 Å². The topological polar surface area (TPSA) is 90.4 Å². The zero-order valence-electron chi connectivity index (χ0n) is 13.1. The second-order valence-electron chi connectivity index (χ2n) is 6.27. The normalized spacial score (nSPS) is 24.9. The van der Waals surface area contributed by atoms with E-state index in [0.29, 0.717) is 18.8 Å². The van der Waals surface area contributed by atoms with Crippen molar-refractivity contribution in [3.8, 4) is 0 Å². The van der Waals surface area contributed by atoms with Crippen molar-refractivity contribution in [1.82, 2.24) is 14.7 Å². The molecule has 0 bridgehead atoms. The quantitative estimate of drug-likeness (QED) is 0.833. The molecule has 7 heteroatoms. The van der Waals surface area contributed by atoms with Gasteiger partial charge in [-0.25, -0.2) is 0 Å². The number of primary amides is 1. The lowest BCUT2D eigenvalue weighted by Crippen LogP contribution is -2.58. The summed E-state index contributed by atoms with van der Waals surface area (Å²) in [5.74, 6) is -0.633. The highest BCUT2D eigenvalue weighted by Crippen LogP contribution is 2.26. The first-order chi connectivity index (χ1) is 10.4. The van der Waals surface area contributed by atoms with Crippen molar-refractivity contribution in [3.05, 3.63) is 17.0 Å². The molecule has 2 amide bonds. The third-order valence-corrected chi connectivity index (χ3v) is 4.60. The van der Waals surface area contributed by atoms with E-state index in [2.05, 4.69) is 5.10 Å². The summed E-state index contributed by atoms with van der Waals surface area (Å²) in [4.78, 5) is 26.1. The van der Waals surface area contributed by atoms with Gasteiger partial charge in [-0.2, -0.15) is 5.10 Å². The Balaban J connectivity index is 1.88. The number of nitrogens with zero attached hydrogens (tertiary/aromatic N) is 3. The van der Waals surface area contributed by atoms with Crippen LogP contribution in [0.1, 0.15) is 41.5 Å². The van der Waals surface area contributed by atoms with Crippen LogP contribution in [0.5, 0.6) is 0 Å². The van der Waals surface area contributed by atoms with Gasteiger partial charge >= 0.3 is 0 Å². The van der Waals surface area contributed by atoms with E-state index in [1.54, 1.807) is 23.6 Å². The number of carbonyl (C=O) groups is 2. The number of aryl methyl sites for hydroxylation is 2. The molecule has 1 aliphatic heterocycles. The van der Waals surface area contributed by atoms with Gasteiger partial charge in [0.1, 0.15) is 5.69 Å². The first kappa shape index (κ1) is 15.0. The lowest BCUT2D eigenvalue weighted by Gasteiger charge is -2.38. The van der Waals surface area contributed by atoms with Gasteiger partial charge in [-0.1, -0.05) is 0 Å². The minimum Gasteiger partial charge on any atom is -0.367 e. The van der Waals surface area contributed by atoms with Gasteiger partial charge in [-0.15, -0.1) is 0 Å². The van der Waals surface area contributed by atoms with E-state index in [1.807, 2.05) is 0 Å². The molecule has 2 aliphatic rings. The van der Waals surface area contributed by atoms with E-state index in [4.69, 9.17) is 10.5 Å². The van der Waals surface area contributed by atoms with Crippen LogP contribution in [0, 0.1) is 0 Å². The minimum absolute atomic E-state index is 0.0890. The van der Waals surface area contributed by atoms with Gasteiger partial charge in [0.15, 0.2) is 5.60 Å². The van der Waals surface area contributed by atoms with E-state index in [1.165, 1.54) is 0 Å². The van der Waals surface area contributed by atoms with Gasteiger partial charge in [-0.3, -0.25) is 14.3 Å². The largest absolute Gasteiger partial charge is 0.367 e. The molecule has 0 spiro atoms. The molecule has 1 unspecified atom stereocenters. The summed E-state index contributed by atoms with van der Waals surface area (Å²) in [6.45, 7) is 2.58. The highest BCUT2D eigenvalue weighted by molar-refractivity contribution is 5.95. The van der Waals surface area contributed by atoms with Crippen LogP contribution in [0.2, 0.25) is 0 Å². The zero-order valence-corrected chi connectivity index (χ0v) is 13.1. The molecule has 0 saturated carbocycles. The lowest BCUT2D eigenvalue weighted by atomic mass is 9.95. The number of ether oxygens (including phenoxy) is 1. The Morgan fingerprint density at radius 1 is 1.32 bits per heavy atom. The summed E-state index contributed by atoms with van der Waals surface area (Å²) in [6, 6.07) is 0. The van der Waals surface area contributed by atoms with Crippen LogP contribution < -0.4 is 5.73 Å².